The lowest BCUT2D eigenvalue weighted by Gasteiger charge is -2.25. The van der Waals surface area contributed by atoms with Crippen LogP contribution in [0.3, 0.4) is 0 Å². The van der Waals surface area contributed by atoms with Crippen molar-refractivity contribution in [2.24, 2.45) is 11.3 Å². The number of carboxylic acids is 1. The fourth-order valence-electron chi connectivity index (χ4n) is 1.72. The van der Waals surface area contributed by atoms with Crippen LogP contribution in [0.2, 0.25) is 0 Å². The van der Waals surface area contributed by atoms with Crippen molar-refractivity contribution in [3.05, 3.63) is 29.8 Å². The van der Waals surface area contributed by atoms with Gasteiger partial charge in [-0.05, 0) is 29.7 Å². The van der Waals surface area contributed by atoms with Crippen molar-refractivity contribution < 1.29 is 14.7 Å². The molecule has 1 atom stereocenters. The summed E-state index contributed by atoms with van der Waals surface area (Å²) in [5, 5.41) is 20.4. The number of rotatable bonds is 3. The highest BCUT2D eigenvalue weighted by atomic mass is 16.4. The number of nitrogens with zero attached hydrogens (tertiary/aromatic N) is 1. The minimum atomic E-state index is -1.15. The summed E-state index contributed by atoms with van der Waals surface area (Å²) in [5.74, 6) is -2.86. The van der Waals surface area contributed by atoms with Gasteiger partial charge < -0.3 is 10.4 Å². The molecule has 5 heteroatoms. The van der Waals surface area contributed by atoms with E-state index in [1.54, 1.807) is 45.0 Å². The Morgan fingerprint density at radius 3 is 2.16 bits per heavy atom. The molecule has 0 aliphatic rings. The number of nitrogens with one attached hydrogen (secondary N) is 1. The van der Waals surface area contributed by atoms with Crippen LogP contribution >= 0.6 is 0 Å². The van der Waals surface area contributed by atoms with Crippen LogP contribution in [0.25, 0.3) is 0 Å². The molecule has 0 saturated heterocycles. The van der Waals surface area contributed by atoms with Crippen molar-refractivity contribution in [1.29, 1.82) is 5.26 Å². The lowest BCUT2D eigenvalue weighted by Crippen LogP contribution is -2.39. The van der Waals surface area contributed by atoms with Gasteiger partial charge in [-0.1, -0.05) is 20.8 Å². The van der Waals surface area contributed by atoms with Crippen LogP contribution in [0.4, 0.5) is 5.69 Å². The number of carbonyl (C=O) groups is 2. The van der Waals surface area contributed by atoms with E-state index < -0.39 is 23.2 Å². The molecular weight excluding hydrogens is 244 g/mol. The Bertz CT molecular complexity index is 521. The lowest BCUT2D eigenvalue weighted by molar-refractivity contribution is -0.149. The highest BCUT2D eigenvalue weighted by Crippen LogP contribution is 2.27. The zero-order chi connectivity index (χ0) is 14.6. The van der Waals surface area contributed by atoms with Gasteiger partial charge in [0.15, 0.2) is 0 Å². The van der Waals surface area contributed by atoms with Crippen molar-refractivity contribution in [2.75, 3.05) is 5.32 Å². The molecule has 100 valence electrons. The molecule has 1 unspecified atom stereocenters. The molecule has 19 heavy (non-hydrogen) atoms. The van der Waals surface area contributed by atoms with Crippen LogP contribution in [-0.2, 0) is 9.59 Å². The molecule has 1 amide bonds. The molecule has 0 fully saturated rings. The van der Waals surface area contributed by atoms with Gasteiger partial charge in [0.25, 0.3) is 0 Å². The van der Waals surface area contributed by atoms with Gasteiger partial charge in [-0.15, -0.1) is 0 Å². The van der Waals surface area contributed by atoms with Gasteiger partial charge in [-0.2, -0.15) is 5.26 Å². The summed E-state index contributed by atoms with van der Waals surface area (Å²) < 4.78 is 0. The molecular formula is C14H16N2O3. The Morgan fingerprint density at radius 1 is 1.26 bits per heavy atom. The summed E-state index contributed by atoms with van der Waals surface area (Å²) in [6.45, 7) is 5.10. The molecule has 5 nitrogen and oxygen atoms in total. The zero-order valence-electron chi connectivity index (χ0n) is 11.1. The van der Waals surface area contributed by atoms with Gasteiger partial charge in [0, 0.05) is 5.69 Å². The van der Waals surface area contributed by atoms with Crippen molar-refractivity contribution in [3.8, 4) is 6.07 Å². The molecule has 0 spiro atoms. The van der Waals surface area contributed by atoms with Crippen LogP contribution in [-0.4, -0.2) is 17.0 Å². The maximum Gasteiger partial charge on any atom is 0.316 e. The smallest absolute Gasteiger partial charge is 0.316 e. The Balaban J connectivity index is 2.88. The quantitative estimate of drug-likeness (QED) is 0.815. The molecule has 2 N–H and O–H groups in total. The molecule has 1 aromatic rings. The standard InChI is InChI=1S/C14H16N2O3/c1-14(2,3)11(13(18)19)12(17)16-10-6-4-9(8-15)5-7-10/h4-7,11H,1-3H3,(H,16,17)(H,18,19). The summed E-state index contributed by atoms with van der Waals surface area (Å²) in [7, 11) is 0. The summed E-state index contributed by atoms with van der Waals surface area (Å²) in [6.07, 6.45) is 0. The fraction of sp³-hybridized carbons (Fsp3) is 0.357. The topological polar surface area (TPSA) is 90.2 Å². The van der Waals surface area contributed by atoms with Crippen molar-refractivity contribution >= 4 is 17.6 Å². The Hall–Kier alpha value is -2.35. The van der Waals surface area contributed by atoms with E-state index in [0.717, 1.165) is 0 Å². The molecule has 0 radical (unpaired) electrons. The number of benzene rings is 1. The number of carboxylic acid groups (broad SMARTS) is 1. The van der Waals surface area contributed by atoms with Crippen LogP contribution in [0, 0.1) is 22.7 Å². The second-order valence-electron chi connectivity index (χ2n) is 5.32. The van der Waals surface area contributed by atoms with Crippen molar-refractivity contribution in [3.63, 3.8) is 0 Å². The Kier molecular flexibility index (Phi) is 4.28. The maximum absolute atomic E-state index is 12.0. The molecule has 0 heterocycles. The van der Waals surface area contributed by atoms with Gasteiger partial charge in [0.1, 0.15) is 5.92 Å². The summed E-state index contributed by atoms with van der Waals surface area (Å²) in [4.78, 5) is 23.2. The molecule has 0 aromatic heterocycles. The van der Waals surface area contributed by atoms with Crippen LogP contribution in [0.5, 0.6) is 0 Å². The Morgan fingerprint density at radius 2 is 1.79 bits per heavy atom. The van der Waals surface area contributed by atoms with Gasteiger partial charge in [-0.3, -0.25) is 9.59 Å². The van der Waals surface area contributed by atoms with Crippen molar-refractivity contribution in [2.45, 2.75) is 20.8 Å². The first kappa shape index (κ1) is 14.7. The first-order valence-corrected chi connectivity index (χ1v) is 5.79. The number of aliphatic carboxylic acids is 1. The summed E-state index contributed by atoms with van der Waals surface area (Å²) in [6, 6.07) is 8.22. The van der Waals surface area contributed by atoms with Gasteiger partial charge in [0.2, 0.25) is 5.91 Å². The number of nitriles is 1. The number of anilines is 1. The summed E-state index contributed by atoms with van der Waals surface area (Å²) in [5.41, 5.74) is 0.269. The number of hydrogen-bond acceptors (Lipinski definition) is 3. The van der Waals surface area contributed by atoms with Crippen LogP contribution < -0.4 is 5.32 Å². The number of carbonyl (C=O) groups excluding carboxylic acids is 1. The predicted octanol–water partition coefficient (Wildman–Crippen LogP) is 2.24. The minimum absolute atomic E-state index is 0.472. The normalized spacial score (nSPS) is 12.3. The van der Waals surface area contributed by atoms with Crippen molar-refractivity contribution in [1.82, 2.24) is 0 Å². The zero-order valence-corrected chi connectivity index (χ0v) is 11.1. The molecule has 0 aliphatic heterocycles. The predicted molar refractivity (Wildman–Crippen MR) is 70.4 cm³/mol. The first-order valence-electron chi connectivity index (χ1n) is 5.79. The second kappa shape index (κ2) is 5.53. The third-order valence-corrected chi connectivity index (χ3v) is 2.66. The SMILES string of the molecule is CC(C)(C)C(C(=O)O)C(=O)Nc1ccc(C#N)cc1. The maximum atomic E-state index is 12.0. The van der Waals surface area contributed by atoms with Gasteiger partial charge >= 0.3 is 5.97 Å². The van der Waals surface area contributed by atoms with E-state index in [-0.39, 0.29) is 0 Å². The molecule has 0 saturated carbocycles. The van der Waals surface area contributed by atoms with E-state index in [0.29, 0.717) is 11.3 Å². The average Bonchev–Trinajstić information content (AvgIpc) is 2.27. The largest absolute Gasteiger partial charge is 0.481 e. The monoisotopic (exact) mass is 260 g/mol. The highest BCUT2D eigenvalue weighted by molar-refractivity contribution is 6.04. The van der Waals surface area contributed by atoms with Crippen LogP contribution in [0.15, 0.2) is 24.3 Å². The molecule has 0 bridgehead atoms. The number of amides is 1. The van der Waals surface area contributed by atoms with Gasteiger partial charge in [0.05, 0.1) is 11.6 Å². The third kappa shape index (κ3) is 3.81. The molecule has 1 aromatic carbocycles. The minimum Gasteiger partial charge on any atom is -0.481 e. The third-order valence-electron chi connectivity index (χ3n) is 2.66. The summed E-state index contributed by atoms with van der Waals surface area (Å²) >= 11 is 0. The highest BCUT2D eigenvalue weighted by Gasteiger charge is 2.37. The molecule has 1 rings (SSSR count). The van der Waals surface area contributed by atoms with Crippen LogP contribution in [0.1, 0.15) is 26.3 Å². The van der Waals surface area contributed by atoms with E-state index in [1.807, 2.05) is 6.07 Å². The van der Waals surface area contributed by atoms with E-state index in [2.05, 4.69) is 5.32 Å². The van der Waals surface area contributed by atoms with E-state index in [9.17, 15) is 9.59 Å². The first-order chi connectivity index (χ1) is 8.75. The number of hydrogen-bond donors (Lipinski definition) is 2. The fourth-order valence-corrected chi connectivity index (χ4v) is 1.72. The van der Waals surface area contributed by atoms with Gasteiger partial charge in [-0.25, -0.2) is 0 Å². The lowest BCUT2D eigenvalue weighted by atomic mass is 9.80. The Labute approximate surface area is 111 Å². The molecule has 0 aliphatic carbocycles. The van der Waals surface area contributed by atoms with E-state index >= 15 is 0 Å². The van der Waals surface area contributed by atoms with E-state index in [4.69, 9.17) is 10.4 Å². The second-order valence-corrected chi connectivity index (χ2v) is 5.32. The average molecular weight is 260 g/mol. The van der Waals surface area contributed by atoms with E-state index in [1.165, 1.54) is 0 Å².